The number of hydrogen-bond acceptors (Lipinski definition) is 34. The van der Waals surface area contributed by atoms with Crippen molar-refractivity contribution in [1.29, 1.82) is 0 Å². The van der Waals surface area contributed by atoms with Crippen LogP contribution in [0.2, 0.25) is 0 Å². The molecule has 12 aromatic rings. The number of aromatic nitrogens is 8. The summed E-state index contributed by atoms with van der Waals surface area (Å²) in [5, 5.41) is 66.4. The largest absolute Gasteiger partial charge is 0.507 e. The lowest BCUT2D eigenvalue weighted by Crippen LogP contribution is -2.24. The molecule has 0 aliphatic carbocycles. The van der Waals surface area contributed by atoms with Gasteiger partial charge < -0.3 is 42.5 Å². The first-order valence-corrected chi connectivity index (χ1v) is 31.6. The third kappa shape index (κ3) is 17.3. The number of anilines is 2. The normalized spacial score (nSPS) is 11.3. The summed E-state index contributed by atoms with van der Waals surface area (Å²) in [5.74, 6) is 7.01. The molecule has 0 aliphatic heterocycles. The van der Waals surface area contributed by atoms with Crippen LogP contribution < -0.4 is 15.8 Å². The van der Waals surface area contributed by atoms with Gasteiger partial charge in [0, 0.05) is 58.7 Å². The van der Waals surface area contributed by atoms with Crippen LogP contribution in [0.1, 0.15) is 98.3 Å². The van der Waals surface area contributed by atoms with E-state index < -0.39 is 0 Å². The molecule has 4 aromatic carbocycles. The molecule has 0 bridgehead atoms. The van der Waals surface area contributed by atoms with Crippen LogP contribution in [-0.4, -0.2) is 98.2 Å². The molecule has 0 unspecified atom stereocenters. The number of benzene rings is 4. The van der Waals surface area contributed by atoms with Crippen molar-refractivity contribution >= 4 is 162 Å². The van der Waals surface area contributed by atoms with Crippen molar-refractivity contribution in [2.24, 2.45) is 46.8 Å². The minimum Gasteiger partial charge on any atom is -0.507 e. The van der Waals surface area contributed by atoms with Gasteiger partial charge in [-0.05, 0) is 132 Å². The molecule has 0 atom stereocenters. The van der Waals surface area contributed by atoms with Crippen LogP contribution in [-0.2, 0) is 25.5 Å². The molecule has 0 saturated carbocycles. The number of ether oxygens (including phenoxy) is 2. The van der Waals surface area contributed by atoms with Crippen molar-refractivity contribution in [3.63, 3.8) is 0 Å². The van der Waals surface area contributed by atoms with Gasteiger partial charge in [0.05, 0.1) is 37.7 Å². The SMILES string of the molecule is CCOC(=O)c1cc2c(N(C)C)ccc(N=Nc3nnc(C(C)C)o3)c2s1.CCOC(=O)c1cc2c(N(C)N)ccc(N=Nc3nc(C)no3)c2s1.CCc1cc(C)c2cc(C)sc2c1N=Nc1ncno1.Cc1noc(N=Nc2ccc(O)c3cc(C)sc23)n1.O=C=O. The highest BCUT2D eigenvalue weighted by Gasteiger charge is 2.20. The lowest BCUT2D eigenvalue weighted by atomic mass is 10.0. The van der Waals surface area contributed by atoms with E-state index in [-0.39, 0.29) is 53.8 Å². The fourth-order valence-electron chi connectivity index (χ4n) is 8.61. The van der Waals surface area contributed by atoms with E-state index >= 15 is 0 Å². The Morgan fingerprint density at radius 2 is 1.11 bits per heavy atom. The summed E-state index contributed by atoms with van der Waals surface area (Å²) < 4.78 is 33.9. The van der Waals surface area contributed by atoms with E-state index in [1.165, 1.54) is 60.1 Å². The summed E-state index contributed by atoms with van der Waals surface area (Å²) >= 11 is 5.89. The molecule has 8 aromatic heterocycles. The summed E-state index contributed by atoms with van der Waals surface area (Å²) in [7, 11) is 5.62. The number of azo groups is 4. The first-order valence-electron chi connectivity index (χ1n) is 28.4. The van der Waals surface area contributed by atoms with Crippen LogP contribution in [0, 0.1) is 34.6 Å². The van der Waals surface area contributed by atoms with Gasteiger partial charge in [0.25, 0.3) is 0 Å². The Kier molecular flexibility index (Phi) is 23.6. The van der Waals surface area contributed by atoms with E-state index in [0.29, 0.717) is 57.6 Å². The van der Waals surface area contributed by atoms with E-state index in [0.717, 1.165) is 58.6 Å². The minimum atomic E-state index is -0.385. The lowest BCUT2D eigenvalue weighted by molar-refractivity contribution is -0.191. The summed E-state index contributed by atoms with van der Waals surface area (Å²) in [4.78, 5) is 57.6. The van der Waals surface area contributed by atoms with Crippen molar-refractivity contribution in [3.05, 3.63) is 121 Å². The summed E-state index contributed by atoms with van der Waals surface area (Å²) in [6, 6.07) is 21.0. The highest BCUT2D eigenvalue weighted by Crippen LogP contribution is 2.44. The molecule has 0 amide bonds. The molecular weight excluding hydrogens is 1290 g/mol. The summed E-state index contributed by atoms with van der Waals surface area (Å²) in [6.45, 7) is 19.8. The van der Waals surface area contributed by atoms with Crippen LogP contribution in [0.3, 0.4) is 0 Å². The quantitative estimate of drug-likeness (QED) is 0.0392. The van der Waals surface area contributed by atoms with Gasteiger partial charge in [0.1, 0.15) is 38.3 Å². The van der Waals surface area contributed by atoms with Crippen molar-refractivity contribution < 1.29 is 51.7 Å². The predicted molar refractivity (Wildman–Crippen MR) is 354 cm³/mol. The second-order valence-electron chi connectivity index (χ2n) is 20.2. The minimum absolute atomic E-state index is 0.0628. The lowest BCUT2D eigenvalue weighted by Gasteiger charge is -2.13. The Morgan fingerprint density at radius 1 is 0.606 bits per heavy atom. The van der Waals surface area contributed by atoms with E-state index in [2.05, 4.69) is 114 Å². The number of thiophene rings is 4. The maximum absolute atomic E-state index is 12.1. The second-order valence-corrected chi connectivity index (χ2v) is 24.8. The Morgan fingerprint density at radius 3 is 1.59 bits per heavy atom. The van der Waals surface area contributed by atoms with Gasteiger partial charge in [-0.2, -0.15) is 24.5 Å². The Hall–Kier alpha value is -10.6. The highest BCUT2D eigenvalue weighted by atomic mass is 32.1. The maximum Gasteiger partial charge on any atom is 0.373 e. The number of carbonyl (C=O) groups is 2. The molecule has 94 heavy (non-hydrogen) atoms. The van der Waals surface area contributed by atoms with Gasteiger partial charge in [0.15, 0.2) is 18.0 Å². The Balaban J connectivity index is 0.000000160. The van der Waals surface area contributed by atoms with Gasteiger partial charge in [0.2, 0.25) is 5.89 Å². The summed E-state index contributed by atoms with van der Waals surface area (Å²) in [6.07, 6.45) is 2.47. The highest BCUT2D eigenvalue weighted by molar-refractivity contribution is 7.22. The standard InChI is InChI=1S/C18H21N5O3S.C15H16N6O3S.C14H14N4OS.C12H10N4O2S.CO2/c1-6-25-17(24)14-9-11-13(23(4)5)8-7-12(15(11)27-14)19-21-18-22-20-16(26-18)10(2)3;1-4-23-14(22)12-7-9-11(21(3)16)6-5-10(13(9)25-12)18-19-15-17-8(2)20-24-15;1-4-10-5-8(2)11-6-9(3)20-13(11)12(10)17-18-14-15-7-16-19-14;1-6-5-8-10(17)4-3-9(11(8)19-6)14-15-12-13-7(2)16-18-12;2-1-3/h7-10H,6H2,1-5H3;5-7H,4,16H2,1-3H3;5-7H,4H2,1-3H3;3-5,17H,1-2H3;. The fourth-order valence-corrected chi connectivity index (χ4v) is 12.7. The molecule has 8 heterocycles. The van der Waals surface area contributed by atoms with Crippen molar-refractivity contribution in [1.82, 2.24) is 40.6 Å². The number of phenolic OH excluding ortho intramolecular Hbond substituents is 1. The molecule has 30 nitrogen and oxygen atoms in total. The van der Waals surface area contributed by atoms with Crippen LogP contribution >= 0.6 is 45.3 Å². The number of carbonyl (C=O) groups excluding carboxylic acids is 4. The van der Waals surface area contributed by atoms with Gasteiger partial charge >= 0.3 is 42.1 Å². The van der Waals surface area contributed by atoms with Crippen LogP contribution in [0.25, 0.3) is 40.3 Å². The average molecular weight is 1350 g/mol. The number of aryl methyl sites for hydroxylation is 6. The van der Waals surface area contributed by atoms with Crippen LogP contribution in [0.4, 0.5) is 58.2 Å². The fraction of sp³-hybridized carbons (Fsp3) is 0.283. The Labute approximate surface area is 550 Å². The van der Waals surface area contributed by atoms with Gasteiger partial charge in [-0.1, -0.05) is 67.9 Å². The molecular formula is C60H61N19O11S4. The molecule has 0 spiro atoms. The topological polar surface area (TPSA) is 394 Å². The summed E-state index contributed by atoms with van der Waals surface area (Å²) in [5.41, 5.74) is 6.96. The number of fused-ring (bicyclic) bond motifs is 4. The number of nitrogens with zero attached hydrogens (tertiary/aromatic N) is 18. The number of nitrogens with two attached hydrogens (primary N) is 1. The molecule has 486 valence electrons. The molecule has 0 fully saturated rings. The number of rotatable bonds is 16. The van der Waals surface area contributed by atoms with E-state index in [1.54, 1.807) is 87.7 Å². The zero-order valence-electron chi connectivity index (χ0n) is 52.9. The molecule has 3 N–H and O–H groups in total. The predicted octanol–water partition coefficient (Wildman–Crippen LogP) is 16.9. The molecule has 0 radical (unpaired) electrons. The van der Waals surface area contributed by atoms with E-state index in [4.69, 9.17) is 42.9 Å². The average Bonchev–Trinajstić information content (AvgIpc) is 1.62. The zero-order chi connectivity index (χ0) is 67.8. The molecule has 34 heteroatoms. The third-order valence-electron chi connectivity index (χ3n) is 12.7. The van der Waals surface area contributed by atoms with E-state index in [9.17, 15) is 14.7 Å². The van der Waals surface area contributed by atoms with Crippen molar-refractivity contribution in [3.8, 4) is 5.75 Å². The number of hydrogen-bond donors (Lipinski definition) is 2. The van der Waals surface area contributed by atoms with Crippen molar-refractivity contribution in [2.45, 2.75) is 81.6 Å². The first-order chi connectivity index (χ1) is 45.1. The second kappa shape index (κ2) is 32.1. The smallest absolute Gasteiger partial charge is 0.373 e. The van der Waals surface area contributed by atoms with Crippen molar-refractivity contribution in [2.75, 3.05) is 44.3 Å². The number of esters is 2. The zero-order valence-corrected chi connectivity index (χ0v) is 56.2. The number of aromatic hydroxyl groups is 1. The monoisotopic (exact) mass is 1350 g/mol. The number of phenols is 1. The van der Waals surface area contributed by atoms with Crippen LogP contribution in [0.15, 0.2) is 132 Å². The molecule has 12 rings (SSSR count). The number of hydrazine groups is 1. The van der Waals surface area contributed by atoms with Gasteiger partial charge in [-0.25, -0.2) is 15.4 Å². The molecule has 0 aliphatic rings. The third-order valence-corrected chi connectivity index (χ3v) is 17.1. The van der Waals surface area contributed by atoms with Gasteiger partial charge in [-0.3, -0.25) is 0 Å². The van der Waals surface area contributed by atoms with Crippen LogP contribution in [0.5, 0.6) is 5.75 Å². The maximum atomic E-state index is 12.1. The first kappa shape index (κ1) is 69.3. The molecule has 0 saturated heterocycles. The van der Waals surface area contributed by atoms with Gasteiger partial charge in [-0.15, -0.1) is 70.9 Å². The van der Waals surface area contributed by atoms with E-state index in [1.807, 2.05) is 64.0 Å². The Bertz CT molecular complexity index is 4760.